The number of halogens is 3. The van der Waals surface area contributed by atoms with Gasteiger partial charge in [-0.15, -0.1) is 0 Å². The summed E-state index contributed by atoms with van der Waals surface area (Å²) in [5, 5.41) is 0. The summed E-state index contributed by atoms with van der Waals surface area (Å²) in [5.74, 6) is -0.977. The summed E-state index contributed by atoms with van der Waals surface area (Å²) in [6.45, 7) is -0.464. The van der Waals surface area contributed by atoms with Crippen LogP contribution in [0.15, 0.2) is 0 Å². The molecule has 0 aliphatic heterocycles. The van der Waals surface area contributed by atoms with Gasteiger partial charge in [-0.3, -0.25) is 23.7 Å². The highest BCUT2D eigenvalue weighted by Crippen LogP contribution is 2.15. The van der Waals surface area contributed by atoms with Gasteiger partial charge < -0.3 is 0 Å². The van der Waals surface area contributed by atoms with Crippen molar-refractivity contribution in [1.29, 1.82) is 0 Å². The van der Waals surface area contributed by atoms with Crippen molar-refractivity contribution in [2.75, 3.05) is 6.67 Å². The van der Waals surface area contributed by atoms with Crippen LogP contribution in [0.1, 0.15) is 32.1 Å². The monoisotopic (exact) mass is 272 g/mol. The Morgan fingerprint density at radius 2 is 1.75 bits per heavy atom. The van der Waals surface area contributed by atoms with Crippen LogP contribution in [0.25, 0.3) is 0 Å². The summed E-state index contributed by atoms with van der Waals surface area (Å²) < 4.78 is 12.0. The largest absolute Gasteiger partial charge is 0.274 e. The molecule has 0 aromatic heterocycles. The number of amides is 2. The molecule has 1 unspecified atom stereocenters. The fourth-order valence-corrected chi connectivity index (χ4v) is 1.61. The average molecular weight is 273 g/mol. The molecule has 0 radical (unpaired) electrons. The lowest BCUT2D eigenvalue weighted by atomic mass is 9.96. The van der Waals surface area contributed by atoms with E-state index in [1.807, 2.05) is 9.67 Å². The Balaban J connectivity index is 3.91. The van der Waals surface area contributed by atoms with E-state index >= 15 is 0 Å². The second kappa shape index (κ2) is 9.66. The van der Waals surface area contributed by atoms with Gasteiger partial charge in [0.25, 0.3) is 0 Å². The van der Waals surface area contributed by atoms with Crippen molar-refractivity contribution in [2.24, 2.45) is 5.92 Å². The number of carbonyl (C=O) groups is 2. The van der Waals surface area contributed by atoms with Gasteiger partial charge in [-0.2, -0.15) is 0 Å². The van der Waals surface area contributed by atoms with E-state index in [0.717, 1.165) is 0 Å². The minimum Gasteiger partial charge on any atom is -0.274 e. The number of nitrogens with one attached hydrogen (secondary N) is 2. The molecule has 2 N–H and O–H groups in total. The summed E-state index contributed by atoms with van der Waals surface area (Å²) >= 11 is 10.3. The number of rotatable bonds is 8. The number of hydrogen-bond acceptors (Lipinski definition) is 2. The molecule has 0 aliphatic rings. The fraction of sp³-hybridized carbons (Fsp3) is 0.778. The second-order valence-corrected chi connectivity index (χ2v) is 3.77. The maximum atomic E-state index is 12.0. The van der Waals surface area contributed by atoms with E-state index in [0.29, 0.717) is 25.7 Å². The van der Waals surface area contributed by atoms with Crippen LogP contribution in [0.2, 0.25) is 0 Å². The Morgan fingerprint density at radius 1 is 1.12 bits per heavy atom. The Morgan fingerprint density at radius 3 is 2.25 bits per heavy atom. The molecule has 0 saturated heterocycles. The Kier molecular flexibility index (Phi) is 9.33. The second-order valence-electron chi connectivity index (χ2n) is 3.40. The zero-order valence-corrected chi connectivity index (χ0v) is 10.3. The molecular formula is C9H15Cl2FN2O2. The zero-order chi connectivity index (χ0) is 12.4. The molecule has 0 aliphatic carbocycles. The van der Waals surface area contributed by atoms with Crippen molar-refractivity contribution in [3.63, 3.8) is 0 Å². The minimum atomic E-state index is -0.464. The van der Waals surface area contributed by atoms with Gasteiger partial charge in [0.2, 0.25) is 11.8 Å². The van der Waals surface area contributed by atoms with Gasteiger partial charge in [-0.1, -0.05) is 0 Å². The van der Waals surface area contributed by atoms with Gasteiger partial charge in [-0.05, 0) is 25.7 Å². The SMILES string of the molecule is O=C(CCCC(CCCF)C(=O)NCl)NCl. The third kappa shape index (κ3) is 6.85. The van der Waals surface area contributed by atoms with Gasteiger partial charge in [0.1, 0.15) is 0 Å². The number of hydrogen-bond donors (Lipinski definition) is 2. The van der Waals surface area contributed by atoms with Crippen molar-refractivity contribution in [2.45, 2.75) is 32.1 Å². The van der Waals surface area contributed by atoms with E-state index in [2.05, 4.69) is 0 Å². The normalized spacial score (nSPS) is 11.9. The summed E-state index contributed by atoms with van der Waals surface area (Å²) in [5.41, 5.74) is 0. The molecule has 0 saturated carbocycles. The van der Waals surface area contributed by atoms with Crippen LogP contribution in [0, 0.1) is 5.92 Å². The van der Waals surface area contributed by atoms with Gasteiger partial charge >= 0.3 is 0 Å². The van der Waals surface area contributed by atoms with Crippen molar-refractivity contribution in [3.8, 4) is 0 Å². The van der Waals surface area contributed by atoms with Crippen LogP contribution < -0.4 is 9.67 Å². The molecule has 1 atom stereocenters. The van der Waals surface area contributed by atoms with E-state index in [1.54, 1.807) is 0 Å². The van der Waals surface area contributed by atoms with Crippen LogP contribution in [-0.2, 0) is 9.59 Å². The molecule has 16 heavy (non-hydrogen) atoms. The summed E-state index contributed by atoms with van der Waals surface area (Å²) in [6, 6.07) is 0. The number of alkyl halides is 1. The van der Waals surface area contributed by atoms with E-state index < -0.39 is 6.67 Å². The summed E-state index contributed by atoms with van der Waals surface area (Å²) in [7, 11) is 0. The zero-order valence-electron chi connectivity index (χ0n) is 8.77. The first-order valence-electron chi connectivity index (χ1n) is 5.01. The van der Waals surface area contributed by atoms with Crippen molar-refractivity contribution >= 4 is 35.4 Å². The highest BCUT2D eigenvalue weighted by Gasteiger charge is 2.17. The maximum Gasteiger partial charge on any atom is 0.237 e. The average Bonchev–Trinajstić information content (AvgIpc) is 2.32. The summed E-state index contributed by atoms with van der Waals surface area (Å²) in [6.07, 6.45) is 1.99. The molecule has 0 aromatic rings. The quantitative estimate of drug-likeness (QED) is 0.665. The maximum absolute atomic E-state index is 12.0. The lowest BCUT2D eigenvalue weighted by Gasteiger charge is -2.12. The van der Waals surface area contributed by atoms with Crippen LogP contribution in [0.4, 0.5) is 4.39 Å². The third-order valence-electron chi connectivity index (χ3n) is 2.21. The Hall–Kier alpha value is -0.550. The van der Waals surface area contributed by atoms with E-state index in [1.165, 1.54) is 0 Å². The van der Waals surface area contributed by atoms with Crippen LogP contribution in [0.5, 0.6) is 0 Å². The van der Waals surface area contributed by atoms with E-state index in [9.17, 15) is 14.0 Å². The standard InChI is InChI=1S/C9H15Cl2FN2O2/c10-13-8(15)5-1-3-7(4-2-6-12)9(16)14-11/h7H,1-6H2,(H,13,15)(H,14,16). The molecule has 0 bridgehead atoms. The van der Waals surface area contributed by atoms with Crippen LogP contribution in [-0.4, -0.2) is 18.5 Å². The lowest BCUT2D eigenvalue weighted by Crippen LogP contribution is -2.24. The predicted octanol–water partition coefficient (Wildman–Crippen LogP) is 2.06. The smallest absolute Gasteiger partial charge is 0.237 e. The van der Waals surface area contributed by atoms with Crippen LogP contribution >= 0.6 is 23.6 Å². The molecule has 7 heteroatoms. The lowest BCUT2D eigenvalue weighted by molar-refractivity contribution is -0.124. The van der Waals surface area contributed by atoms with Gasteiger partial charge in [0.05, 0.1) is 6.67 Å². The Bertz CT molecular complexity index is 230. The topological polar surface area (TPSA) is 58.2 Å². The van der Waals surface area contributed by atoms with Gasteiger partial charge in [0.15, 0.2) is 0 Å². The van der Waals surface area contributed by atoms with E-state index in [-0.39, 0.29) is 24.2 Å². The van der Waals surface area contributed by atoms with E-state index in [4.69, 9.17) is 23.6 Å². The highest BCUT2D eigenvalue weighted by atomic mass is 35.5. The van der Waals surface area contributed by atoms with Gasteiger partial charge in [-0.25, -0.2) is 0 Å². The molecule has 94 valence electrons. The molecule has 0 rings (SSSR count). The third-order valence-corrected chi connectivity index (χ3v) is 2.61. The first-order chi connectivity index (χ1) is 7.65. The predicted molar refractivity (Wildman–Crippen MR) is 60.5 cm³/mol. The first kappa shape index (κ1) is 15.4. The van der Waals surface area contributed by atoms with Crippen molar-refractivity contribution in [3.05, 3.63) is 0 Å². The van der Waals surface area contributed by atoms with Gasteiger partial charge in [0, 0.05) is 35.9 Å². The van der Waals surface area contributed by atoms with Crippen molar-refractivity contribution in [1.82, 2.24) is 9.67 Å². The molecule has 2 amide bonds. The minimum absolute atomic E-state index is 0.241. The fourth-order valence-electron chi connectivity index (χ4n) is 1.36. The highest BCUT2D eigenvalue weighted by molar-refractivity contribution is 6.21. The molecule has 0 spiro atoms. The first-order valence-corrected chi connectivity index (χ1v) is 5.77. The van der Waals surface area contributed by atoms with Crippen LogP contribution in [0.3, 0.4) is 0 Å². The molecule has 0 heterocycles. The molecular weight excluding hydrogens is 258 g/mol. The molecule has 0 aromatic carbocycles. The summed E-state index contributed by atoms with van der Waals surface area (Å²) in [4.78, 5) is 26.1. The molecule has 4 nitrogen and oxygen atoms in total. The Labute approximate surface area is 104 Å². The van der Waals surface area contributed by atoms with Crippen molar-refractivity contribution < 1.29 is 14.0 Å². The molecule has 0 fully saturated rings. The number of carbonyl (C=O) groups excluding carboxylic acids is 2.